The third-order valence-corrected chi connectivity index (χ3v) is 3.53. The molecule has 0 aliphatic rings. The van der Waals surface area contributed by atoms with Crippen LogP contribution in [-0.2, 0) is 7.05 Å². The van der Waals surface area contributed by atoms with E-state index in [1.54, 1.807) is 11.6 Å². The topological polar surface area (TPSA) is 42.2 Å². The fourth-order valence-electron chi connectivity index (χ4n) is 1.50. The van der Waals surface area contributed by atoms with Crippen LogP contribution < -0.4 is 0 Å². The molecule has 1 aromatic carbocycles. The molecule has 2 rings (SSSR count). The molecule has 0 bridgehead atoms. The zero-order chi connectivity index (χ0) is 10.3. The number of hydrogen-bond acceptors (Lipinski definition) is 1. The molecule has 2 aromatic rings. The zero-order valence-corrected chi connectivity index (χ0v) is 8.88. The molecule has 0 unspecified atom stereocenters. The maximum atomic E-state index is 10.9. The Morgan fingerprint density at radius 2 is 2.21 bits per heavy atom. The number of carbonyl (C=O) groups is 1. The van der Waals surface area contributed by atoms with Crippen LogP contribution in [0.15, 0.2) is 18.2 Å². The van der Waals surface area contributed by atoms with Gasteiger partial charge in [0.1, 0.15) is 0 Å². The highest BCUT2D eigenvalue weighted by atomic mass is 31.0. The largest absolute Gasteiger partial charge is 0.476 e. The van der Waals surface area contributed by atoms with Crippen LogP contribution in [0.3, 0.4) is 0 Å². The minimum absolute atomic E-state index is 0.422. The number of rotatable bonds is 1. The maximum Gasteiger partial charge on any atom is 0.357 e. The first-order valence-corrected chi connectivity index (χ1v) is 5.15. The molecule has 72 valence electrons. The number of hydrogen-bond donors (Lipinski definition) is 1. The molecule has 0 radical (unpaired) electrons. The number of carboxylic acids is 1. The van der Waals surface area contributed by atoms with Gasteiger partial charge in [-0.1, -0.05) is 11.6 Å². The number of carboxylic acid groups (broad SMARTS) is 1. The van der Waals surface area contributed by atoms with Gasteiger partial charge in [-0.05, 0) is 27.2 Å². The lowest BCUT2D eigenvalue weighted by atomic mass is 10.2. The molecule has 1 N–H and O–H groups in total. The number of aromatic nitrogens is 1. The molecule has 0 atom stereocenters. The monoisotopic (exact) mass is 207 g/mol. The predicted octanol–water partition coefficient (Wildman–Crippen LogP) is 2.77. The smallest absolute Gasteiger partial charge is 0.357 e. The molecule has 0 saturated carbocycles. The highest BCUT2D eigenvalue weighted by Crippen LogP contribution is 2.30. The summed E-state index contributed by atoms with van der Waals surface area (Å²) < 4.78 is 1.73. The van der Waals surface area contributed by atoms with Crippen molar-refractivity contribution in [2.24, 2.45) is 7.05 Å². The van der Waals surface area contributed by atoms with Gasteiger partial charge in [0.05, 0.1) is 5.52 Å². The molecule has 1 heterocycles. The molecule has 1 aromatic heterocycles. The summed E-state index contributed by atoms with van der Waals surface area (Å²) in [5.74, 6) is -0.844. The Morgan fingerprint density at radius 1 is 1.50 bits per heavy atom. The Kier molecular flexibility index (Phi) is 2.05. The van der Waals surface area contributed by atoms with E-state index in [0.717, 1.165) is 24.4 Å². The Labute approximate surface area is 83.1 Å². The van der Waals surface area contributed by atoms with Crippen LogP contribution in [0.2, 0.25) is 0 Å². The molecule has 3 nitrogen and oxygen atoms in total. The van der Waals surface area contributed by atoms with Crippen LogP contribution in [0, 0.1) is 6.92 Å². The van der Waals surface area contributed by atoms with Crippen molar-refractivity contribution in [3.8, 4) is 0 Å². The zero-order valence-electron chi connectivity index (χ0n) is 7.98. The lowest BCUT2D eigenvalue weighted by Gasteiger charge is -1.98. The Morgan fingerprint density at radius 3 is 2.86 bits per heavy atom. The van der Waals surface area contributed by atoms with Gasteiger partial charge in [0, 0.05) is 12.2 Å². The van der Waals surface area contributed by atoms with E-state index in [4.69, 9.17) is 5.11 Å². The van der Waals surface area contributed by atoms with E-state index in [1.165, 1.54) is 0 Å². The SMILES string of the molecule is Cc1ccc2c(c1)pc(C(=O)O)n2C. The van der Waals surface area contributed by atoms with Crippen molar-refractivity contribution in [3.05, 3.63) is 29.2 Å². The molecular weight excluding hydrogens is 197 g/mol. The normalized spacial score (nSPS) is 11.3. The molecule has 0 spiro atoms. The van der Waals surface area contributed by atoms with E-state index in [-0.39, 0.29) is 0 Å². The Balaban J connectivity index is 2.79. The van der Waals surface area contributed by atoms with E-state index in [1.807, 2.05) is 25.1 Å². The second-order valence-corrected chi connectivity index (χ2v) is 4.42. The minimum Gasteiger partial charge on any atom is -0.476 e. The summed E-state index contributed by atoms with van der Waals surface area (Å²) in [6.45, 7) is 2.01. The van der Waals surface area contributed by atoms with Crippen molar-refractivity contribution < 1.29 is 9.90 Å². The van der Waals surface area contributed by atoms with Crippen molar-refractivity contribution in [3.63, 3.8) is 0 Å². The van der Waals surface area contributed by atoms with Gasteiger partial charge in [-0.2, -0.15) is 0 Å². The van der Waals surface area contributed by atoms with Crippen LogP contribution in [0.25, 0.3) is 10.6 Å². The molecule has 0 aliphatic heterocycles. The number of benzene rings is 1. The van der Waals surface area contributed by atoms with Gasteiger partial charge in [-0.15, -0.1) is 0 Å². The van der Waals surface area contributed by atoms with Gasteiger partial charge < -0.3 is 9.67 Å². The van der Waals surface area contributed by atoms with E-state index in [0.29, 0.717) is 5.43 Å². The van der Waals surface area contributed by atoms with Gasteiger partial charge in [-0.25, -0.2) is 4.79 Å². The lowest BCUT2D eigenvalue weighted by molar-refractivity contribution is 0.0692. The first-order valence-electron chi connectivity index (χ1n) is 4.26. The second-order valence-electron chi connectivity index (χ2n) is 3.29. The minimum atomic E-state index is -0.844. The molecule has 14 heavy (non-hydrogen) atoms. The fourth-order valence-corrected chi connectivity index (χ4v) is 2.69. The Bertz CT molecular complexity index is 516. The molecule has 4 heteroatoms. The molecule has 0 saturated heterocycles. The van der Waals surface area contributed by atoms with Gasteiger partial charge in [0.2, 0.25) is 0 Å². The maximum absolute atomic E-state index is 10.9. The van der Waals surface area contributed by atoms with Crippen molar-refractivity contribution in [2.45, 2.75) is 6.92 Å². The molecule has 0 aliphatic carbocycles. The van der Waals surface area contributed by atoms with Gasteiger partial charge in [0.15, 0.2) is 5.43 Å². The summed E-state index contributed by atoms with van der Waals surface area (Å²) in [7, 11) is 2.58. The van der Waals surface area contributed by atoms with E-state index in [2.05, 4.69) is 0 Å². The molecule has 0 amide bonds. The summed E-state index contributed by atoms with van der Waals surface area (Å²) in [4.78, 5) is 10.9. The van der Waals surface area contributed by atoms with Gasteiger partial charge in [-0.3, -0.25) is 0 Å². The van der Waals surface area contributed by atoms with Crippen LogP contribution in [0.4, 0.5) is 0 Å². The van der Waals surface area contributed by atoms with E-state index < -0.39 is 5.97 Å². The summed E-state index contributed by atoms with van der Waals surface area (Å²) in [6, 6.07) is 5.99. The fraction of sp³-hybridized carbons (Fsp3) is 0.200. The summed E-state index contributed by atoms with van der Waals surface area (Å²) in [5.41, 5.74) is 2.58. The average Bonchev–Trinajstić information content (AvgIpc) is 2.43. The van der Waals surface area contributed by atoms with Crippen molar-refractivity contribution >= 4 is 24.8 Å². The van der Waals surface area contributed by atoms with Gasteiger partial charge in [0.25, 0.3) is 0 Å². The second kappa shape index (κ2) is 3.10. The van der Waals surface area contributed by atoms with Crippen molar-refractivity contribution in [1.82, 2.24) is 4.57 Å². The van der Waals surface area contributed by atoms with Crippen molar-refractivity contribution in [1.29, 1.82) is 0 Å². The first-order chi connectivity index (χ1) is 6.59. The number of aryl methyl sites for hydroxylation is 2. The van der Waals surface area contributed by atoms with Crippen LogP contribution in [0.1, 0.15) is 15.8 Å². The predicted molar refractivity (Wildman–Crippen MR) is 57.1 cm³/mol. The van der Waals surface area contributed by atoms with Crippen molar-refractivity contribution in [2.75, 3.05) is 0 Å². The third-order valence-electron chi connectivity index (χ3n) is 2.23. The summed E-state index contributed by atoms with van der Waals surface area (Å²) in [5, 5.41) is 10.0. The lowest BCUT2D eigenvalue weighted by Crippen LogP contribution is -2.01. The first kappa shape index (κ1) is 9.22. The third kappa shape index (κ3) is 1.30. The summed E-state index contributed by atoms with van der Waals surface area (Å²) >= 11 is 0. The van der Waals surface area contributed by atoms with Crippen LogP contribution in [0.5, 0.6) is 0 Å². The van der Waals surface area contributed by atoms with Gasteiger partial charge >= 0.3 is 5.97 Å². The number of nitrogens with zero attached hydrogens (tertiary/aromatic N) is 1. The number of aromatic carboxylic acids is 1. The summed E-state index contributed by atoms with van der Waals surface area (Å²) in [6.07, 6.45) is 0. The van der Waals surface area contributed by atoms with Crippen LogP contribution >= 0.6 is 8.19 Å². The quantitative estimate of drug-likeness (QED) is 0.781. The average molecular weight is 207 g/mol. The molecular formula is C10H10NO2P. The number of fused-ring (bicyclic) bond motifs is 1. The molecule has 0 fully saturated rings. The highest BCUT2D eigenvalue weighted by molar-refractivity contribution is 7.39. The van der Waals surface area contributed by atoms with Crippen LogP contribution in [-0.4, -0.2) is 15.6 Å². The van der Waals surface area contributed by atoms with E-state index in [9.17, 15) is 4.79 Å². The Hall–Kier alpha value is -1.34. The highest BCUT2D eigenvalue weighted by Gasteiger charge is 2.12. The van der Waals surface area contributed by atoms with E-state index >= 15 is 0 Å². The standard InChI is InChI=1S/C10H10NO2P/c1-6-3-4-7-8(5-6)14-9(10(12)13)11(7)2/h3-5H,1-2H3,(H,12,13).